The number of anilines is 1. The summed E-state index contributed by atoms with van der Waals surface area (Å²) in [7, 11) is -1.98. The fourth-order valence-electron chi connectivity index (χ4n) is 5.06. The van der Waals surface area contributed by atoms with Gasteiger partial charge in [0.1, 0.15) is 11.6 Å². The van der Waals surface area contributed by atoms with E-state index in [9.17, 15) is 22.7 Å². The Kier molecular flexibility index (Phi) is 12.6. The van der Waals surface area contributed by atoms with Crippen LogP contribution in [-0.2, 0) is 14.8 Å². The number of halogens is 1. The highest BCUT2D eigenvalue weighted by molar-refractivity contribution is 7.92. The smallest absolute Gasteiger partial charge is 0.261 e. The molecular weight excluding hydrogens is 561 g/mol. The molecule has 234 valence electrons. The van der Waals surface area contributed by atoms with E-state index < -0.39 is 21.9 Å². The first kappa shape index (κ1) is 33.8. The highest BCUT2D eigenvalue weighted by Gasteiger charge is 2.30. The van der Waals surface area contributed by atoms with E-state index in [0.29, 0.717) is 18.9 Å². The van der Waals surface area contributed by atoms with Crippen LogP contribution in [0.2, 0.25) is 0 Å². The minimum atomic E-state index is -4.04. The second-order valence-electron chi connectivity index (χ2n) is 11.3. The zero-order valence-corrected chi connectivity index (χ0v) is 26.2. The number of rotatable bonds is 9. The summed E-state index contributed by atoms with van der Waals surface area (Å²) in [5, 5.41) is 10.1. The second kappa shape index (κ2) is 15.7. The summed E-state index contributed by atoms with van der Waals surface area (Å²) in [6.07, 6.45) is 3.22. The number of sulfonamides is 1. The highest BCUT2D eigenvalue weighted by Crippen LogP contribution is 2.29. The number of amides is 1. The molecule has 2 N–H and O–H groups in total. The molecule has 0 fully saturated rings. The molecule has 0 aromatic heterocycles. The van der Waals surface area contributed by atoms with Gasteiger partial charge in [-0.2, -0.15) is 0 Å². The maximum Gasteiger partial charge on any atom is 0.261 e. The number of aliphatic hydroxyl groups excluding tert-OH is 1. The van der Waals surface area contributed by atoms with Crippen LogP contribution < -0.4 is 9.46 Å². The van der Waals surface area contributed by atoms with E-state index in [2.05, 4.69) is 23.6 Å². The van der Waals surface area contributed by atoms with Crippen molar-refractivity contribution in [3.05, 3.63) is 53.8 Å². The van der Waals surface area contributed by atoms with Crippen LogP contribution in [-0.4, -0.2) is 87.4 Å². The fourth-order valence-corrected chi connectivity index (χ4v) is 6.11. The van der Waals surface area contributed by atoms with Crippen LogP contribution in [0.3, 0.4) is 0 Å². The van der Waals surface area contributed by atoms with E-state index in [1.807, 2.05) is 13.8 Å². The van der Waals surface area contributed by atoms with Crippen LogP contribution in [0.1, 0.15) is 63.7 Å². The number of hydrogen-bond donors (Lipinski definition) is 2. The van der Waals surface area contributed by atoms with Gasteiger partial charge in [-0.15, -0.1) is 0 Å². The summed E-state index contributed by atoms with van der Waals surface area (Å²) in [4.78, 5) is 17.9. The molecule has 0 saturated carbocycles. The second-order valence-corrected chi connectivity index (χ2v) is 13.0. The number of nitrogens with zero attached hydrogens (tertiary/aromatic N) is 2. The summed E-state index contributed by atoms with van der Waals surface area (Å²) in [5.74, 6) is -0.638. The SMILES string of the molecule is CCCN(C)C[C@H]1OCCCC[C@H](C)Oc2ccc(NS(=O)(=O)c3ccc(F)cc3)cc2C(=O)N([C@@H](C)CO)C[C@@H]1C. The van der Waals surface area contributed by atoms with Gasteiger partial charge in [-0.05, 0) is 95.6 Å². The van der Waals surface area contributed by atoms with E-state index >= 15 is 0 Å². The molecule has 3 rings (SSSR count). The molecule has 0 aliphatic carbocycles. The van der Waals surface area contributed by atoms with E-state index in [0.717, 1.165) is 50.9 Å². The molecular formula is C31H46FN3O6S. The van der Waals surface area contributed by atoms with E-state index in [4.69, 9.17) is 9.47 Å². The number of benzene rings is 2. The lowest BCUT2D eigenvalue weighted by Gasteiger charge is -2.35. The number of hydrogen-bond acceptors (Lipinski definition) is 7. The molecule has 0 radical (unpaired) electrons. The Hall–Kier alpha value is -2.73. The van der Waals surface area contributed by atoms with Crippen LogP contribution >= 0.6 is 0 Å². The Labute approximate surface area is 250 Å². The van der Waals surface area contributed by atoms with Gasteiger partial charge in [0.05, 0.1) is 35.3 Å². The van der Waals surface area contributed by atoms with Gasteiger partial charge in [0.15, 0.2) is 0 Å². The van der Waals surface area contributed by atoms with Crippen molar-refractivity contribution < 1.29 is 32.2 Å². The number of ether oxygens (including phenoxy) is 2. The Bertz CT molecular complexity index is 1260. The summed E-state index contributed by atoms with van der Waals surface area (Å²) >= 11 is 0. The first-order valence-electron chi connectivity index (χ1n) is 14.8. The van der Waals surface area contributed by atoms with Crippen molar-refractivity contribution in [2.45, 2.75) is 76.5 Å². The average molecular weight is 608 g/mol. The molecule has 9 nitrogen and oxygen atoms in total. The van der Waals surface area contributed by atoms with Gasteiger partial charge in [0.2, 0.25) is 0 Å². The zero-order chi connectivity index (χ0) is 30.9. The third-order valence-electron chi connectivity index (χ3n) is 7.52. The quantitative estimate of drug-likeness (QED) is 0.423. The highest BCUT2D eigenvalue weighted by atomic mass is 32.2. The Morgan fingerprint density at radius 1 is 1.17 bits per heavy atom. The monoisotopic (exact) mass is 607 g/mol. The fraction of sp³-hybridized carbons (Fsp3) is 0.581. The first-order valence-corrected chi connectivity index (χ1v) is 16.2. The van der Waals surface area contributed by atoms with Gasteiger partial charge in [0.25, 0.3) is 15.9 Å². The summed E-state index contributed by atoms with van der Waals surface area (Å²) in [5.41, 5.74) is 0.349. The molecule has 0 unspecified atom stereocenters. The molecule has 1 aliphatic rings. The van der Waals surface area contributed by atoms with Gasteiger partial charge >= 0.3 is 0 Å². The van der Waals surface area contributed by atoms with Crippen molar-refractivity contribution >= 4 is 21.6 Å². The maximum atomic E-state index is 14.2. The number of carbonyl (C=O) groups excluding carboxylic acids is 1. The molecule has 1 heterocycles. The van der Waals surface area contributed by atoms with E-state index in [1.54, 1.807) is 24.0 Å². The maximum absolute atomic E-state index is 14.2. The van der Waals surface area contributed by atoms with Crippen molar-refractivity contribution in [3.8, 4) is 5.75 Å². The van der Waals surface area contributed by atoms with Crippen LogP contribution in [0.5, 0.6) is 5.75 Å². The minimum absolute atomic E-state index is 0.0475. The van der Waals surface area contributed by atoms with Crippen LogP contribution in [0.4, 0.5) is 10.1 Å². The lowest BCUT2D eigenvalue weighted by molar-refractivity contribution is -0.0167. The van der Waals surface area contributed by atoms with Gasteiger partial charge in [-0.3, -0.25) is 9.52 Å². The molecule has 0 saturated heterocycles. The van der Waals surface area contributed by atoms with Crippen molar-refractivity contribution in [2.75, 3.05) is 44.6 Å². The number of likely N-dealkylation sites (N-methyl/N-ethyl adjacent to an activating group) is 1. The number of nitrogens with one attached hydrogen (secondary N) is 1. The zero-order valence-electron chi connectivity index (χ0n) is 25.4. The topological polar surface area (TPSA) is 108 Å². The van der Waals surface area contributed by atoms with E-state index in [-0.39, 0.29) is 46.8 Å². The molecule has 11 heteroatoms. The molecule has 4 atom stereocenters. The van der Waals surface area contributed by atoms with Crippen LogP contribution in [0, 0.1) is 11.7 Å². The van der Waals surface area contributed by atoms with Gasteiger partial charge in [0, 0.05) is 31.3 Å². The number of aliphatic hydroxyl groups is 1. The van der Waals surface area contributed by atoms with E-state index in [1.165, 1.54) is 18.2 Å². The number of fused-ring (bicyclic) bond motifs is 1. The van der Waals surface area contributed by atoms with Crippen molar-refractivity contribution in [2.24, 2.45) is 5.92 Å². The Morgan fingerprint density at radius 2 is 1.88 bits per heavy atom. The Balaban J connectivity index is 2.00. The third kappa shape index (κ3) is 9.39. The van der Waals surface area contributed by atoms with Crippen molar-refractivity contribution in [3.63, 3.8) is 0 Å². The summed E-state index contributed by atoms with van der Waals surface area (Å²) in [6.45, 7) is 10.2. The lowest BCUT2D eigenvalue weighted by atomic mass is 10.0. The Morgan fingerprint density at radius 3 is 2.55 bits per heavy atom. The molecule has 2 aromatic carbocycles. The number of carbonyl (C=O) groups is 1. The van der Waals surface area contributed by atoms with Gasteiger partial charge in [-0.1, -0.05) is 13.8 Å². The summed E-state index contributed by atoms with van der Waals surface area (Å²) in [6, 6.07) is 8.58. The minimum Gasteiger partial charge on any atom is -0.490 e. The predicted octanol–water partition coefficient (Wildman–Crippen LogP) is 4.76. The largest absolute Gasteiger partial charge is 0.490 e. The standard InChI is InChI=1S/C31H46FN3O6S/c1-6-16-34(5)20-30-22(2)19-35(23(3)21-36)31(37)28-18-26(33-42(38,39)27-13-10-25(32)11-14-27)12-15-29(28)41-24(4)9-7-8-17-40-30/h10-15,18,22-24,30,33,36H,6-9,16-17,19-21H2,1-5H3/t22-,23-,24-,30+/m0/s1. The van der Waals surface area contributed by atoms with Crippen LogP contribution in [0.25, 0.3) is 0 Å². The van der Waals surface area contributed by atoms with Gasteiger partial charge in [-0.25, -0.2) is 12.8 Å². The predicted molar refractivity (Wildman–Crippen MR) is 162 cm³/mol. The van der Waals surface area contributed by atoms with Crippen molar-refractivity contribution in [1.29, 1.82) is 0 Å². The molecule has 0 bridgehead atoms. The van der Waals surface area contributed by atoms with Crippen LogP contribution in [0.15, 0.2) is 47.4 Å². The molecule has 42 heavy (non-hydrogen) atoms. The first-order chi connectivity index (χ1) is 19.9. The molecule has 1 amide bonds. The molecule has 2 aromatic rings. The van der Waals surface area contributed by atoms with Gasteiger partial charge < -0.3 is 24.4 Å². The molecule has 0 spiro atoms. The third-order valence-corrected chi connectivity index (χ3v) is 8.92. The molecule has 1 aliphatic heterocycles. The normalized spacial score (nSPS) is 21.8. The average Bonchev–Trinajstić information content (AvgIpc) is 2.94. The lowest BCUT2D eigenvalue weighted by Crippen LogP contribution is -2.47. The summed E-state index contributed by atoms with van der Waals surface area (Å²) < 4.78 is 54.5. The van der Waals surface area contributed by atoms with Crippen molar-refractivity contribution in [1.82, 2.24) is 9.80 Å².